The smallest absolute Gasteiger partial charge is 0.314 e. The van der Waals surface area contributed by atoms with Crippen LogP contribution in [-0.2, 0) is 26.8 Å². The number of nitrogens with zero attached hydrogens (tertiary/aromatic N) is 1. The Morgan fingerprint density at radius 1 is 1.12 bits per heavy atom. The Morgan fingerprint density at radius 2 is 1.76 bits per heavy atom. The Bertz CT molecular complexity index is 1170. The molecule has 0 unspecified atom stereocenters. The molecule has 1 aliphatic carbocycles. The fourth-order valence-corrected chi connectivity index (χ4v) is 7.49. The normalized spacial score (nSPS) is 31.7. The molecule has 2 aromatic carbocycles. The lowest BCUT2D eigenvalue weighted by Gasteiger charge is -2.49. The summed E-state index contributed by atoms with van der Waals surface area (Å²) in [5, 5.41) is 18.9. The van der Waals surface area contributed by atoms with Crippen LogP contribution in [0.15, 0.2) is 42.5 Å². The van der Waals surface area contributed by atoms with Gasteiger partial charge in [-0.15, -0.1) is 0 Å². The molecule has 1 saturated heterocycles. The zero-order chi connectivity index (χ0) is 24.2. The molecule has 0 radical (unpaired) electrons. The quantitative estimate of drug-likeness (QED) is 0.679. The van der Waals surface area contributed by atoms with E-state index in [4.69, 9.17) is 0 Å². The minimum atomic E-state index is -3.84. The average Bonchev–Trinajstić information content (AvgIpc) is 2.71. The van der Waals surface area contributed by atoms with E-state index < -0.39 is 49.9 Å². The molecule has 1 aliphatic heterocycles. The van der Waals surface area contributed by atoms with Crippen LogP contribution in [0.3, 0.4) is 0 Å². The minimum absolute atomic E-state index is 0.160. The molecule has 0 bridgehead atoms. The third-order valence-electron chi connectivity index (χ3n) is 6.95. The van der Waals surface area contributed by atoms with Crippen LogP contribution in [0.25, 0.3) is 0 Å². The van der Waals surface area contributed by atoms with E-state index in [0.717, 1.165) is 12.1 Å². The van der Waals surface area contributed by atoms with Gasteiger partial charge in [0.05, 0.1) is 5.60 Å². The Kier molecular flexibility index (Phi) is 5.87. The van der Waals surface area contributed by atoms with Crippen LogP contribution >= 0.6 is 0 Å². The lowest BCUT2D eigenvalue weighted by molar-refractivity contribution is -0.162. The van der Waals surface area contributed by atoms with Crippen molar-refractivity contribution in [2.24, 2.45) is 0 Å². The number of hydrogen-bond donors (Lipinski definition) is 2. The first-order valence-corrected chi connectivity index (χ1v) is 12.4. The van der Waals surface area contributed by atoms with Crippen molar-refractivity contribution in [1.29, 1.82) is 0 Å². The summed E-state index contributed by atoms with van der Waals surface area (Å²) in [5.41, 5.74) is -2.83. The highest BCUT2D eigenvalue weighted by Gasteiger charge is 2.58. The molecule has 1 saturated carbocycles. The van der Waals surface area contributed by atoms with Gasteiger partial charge in [-0.2, -0.15) is 4.31 Å². The van der Waals surface area contributed by atoms with Crippen molar-refractivity contribution in [1.82, 2.24) is 4.31 Å². The van der Waals surface area contributed by atoms with Crippen molar-refractivity contribution in [3.05, 3.63) is 70.8 Å². The Hall–Kier alpha value is -2.36. The third kappa shape index (κ3) is 4.06. The molecule has 2 atom stereocenters. The molecule has 33 heavy (non-hydrogen) atoms. The van der Waals surface area contributed by atoms with Gasteiger partial charge in [-0.05, 0) is 57.2 Å². The summed E-state index contributed by atoms with van der Waals surface area (Å²) in [4.78, 5) is 11.9. The first-order chi connectivity index (χ1) is 15.4. The molecule has 0 spiro atoms. The summed E-state index contributed by atoms with van der Waals surface area (Å²) >= 11 is 0. The van der Waals surface area contributed by atoms with Crippen molar-refractivity contribution in [2.45, 2.75) is 68.4 Å². The number of sulfonamides is 1. The number of benzene rings is 2. The maximum Gasteiger partial charge on any atom is 0.314 e. The number of aliphatic carboxylic acids is 1. The van der Waals surface area contributed by atoms with Gasteiger partial charge >= 0.3 is 5.97 Å². The van der Waals surface area contributed by atoms with Gasteiger partial charge in [-0.1, -0.05) is 30.3 Å². The summed E-state index contributed by atoms with van der Waals surface area (Å²) < 4.78 is 58.1. The lowest BCUT2D eigenvalue weighted by Crippen LogP contribution is -2.57. The second kappa shape index (κ2) is 8.14. The van der Waals surface area contributed by atoms with E-state index in [-0.39, 0.29) is 30.5 Å². The van der Waals surface area contributed by atoms with Crippen LogP contribution in [0, 0.1) is 11.6 Å². The highest BCUT2D eigenvalue weighted by molar-refractivity contribution is 7.89. The molecule has 2 fully saturated rings. The Balaban J connectivity index is 1.66. The van der Waals surface area contributed by atoms with E-state index in [2.05, 4.69) is 0 Å². The second-order valence-corrected chi connectivity index (χ2v) is 11.6. The third-order valence-corrected chi connectivity index (χ3v) is 9.32. The number of carboxylic acids is 1. The molecule has 2 aromatic rings. The molecule has 1 heterocycles. The summed E-state index contributed by atoms with van der Waals surface area (Å²) in [5.74, 6) is -3.13. The Labute approximate surface area is 191 Å². The first-order valence-electron chi connectivity index (χ1n) is 10.9. The Morgan fingerprint density at radius 3 is 2.33 bits per heavy atom. The van der Waals surface area contributed by atoms with Gasteiger partial charge in [0.1, 0.15) is 22.3 Å². The van der Waals surface area contributed by atoms with Crippen molar-refractivity contribution in [3.8, 4) is 0 Å². The van der Waals surface area contributed by atoms with E-state index >= 15 is 8.78 Å². The maximum atomic E-state index is 15.1. The monoisotopic (exact) mass is 479 g/mol. The molecular weight excluding hydrogens is 452 g/mol. The molecule has 4 rings (SSSR count). The summed E-state index contributed by atoms with van der Waals surface area (Å²) in [6, 6.07) is 10.1. The number of hydrogen-bond acceptors (Lipinski definition) is 4. The highest BCUT2D eigenvalue weighted by atomic mass is 32.2. The van der Waals surface area contributed by atoms with Crippen molar-refractivity contribution < 1.29 is 32.2 Å². The molecule has 0 amide bonds. The van der Waals surface area contributed by atoms with Crippen LogP contribution < -0.4 is 0 Å². The van der Waals surface area contributed by atoms with Crippen molar-refractivity contribution >= 4 is 16.0 Å². The number of carboxylic acid groups (broad SMARTS) is 1. The van der Waals surface area contributed by atoms with E-state index in [1.165, 1.54) is 11.2 Å². The van der Waals surface area contributed by atoms with Crippen LogP contribution in [-0.4, -0.2) is 40.5 Å². The lowest BCUT2D eigenvalue weighted by atomic mass is 9.56. The molecule has 6 nitrogen and oxygen atoms in total. The molecule has 2 aliphatic rings. The zero-order valence-electron chi connectivity index (χ0n) is 18.5. The largest absolute Gasteiger partial charge is 0.481 e. The van der Waals surface area contributed by atoms with Crippen molar-refractivity contribution in [3.63, 3.8) is 0 Å². The van der Waals surface area contributed by atoms with Gasteiger partial charge in [-0.3, -0.25) is 4.79 Å². The zero-order valence-corrected chi connectivity index (χ0v) is 19.3. The molecular formula is C24H27F2NO5S. The average molecular weight is 480 g/mol. The molecule has 9 heteroatoms. The summed E-state index contributed by atoms with van der Waals surface area (Å²) in [6.45, 7) is 2.83. The van der Waals surface area contributed by atoms with Gasteiger partial charge in [0.25, 0.3) is 0 Å². The van der Waals surface area contributed by atoms with Gasteiger partial charge in [-0.25, -0.2) is 17.2 Å². The van der Waals surface area contributed by atoms with E-state index in [1.807, 2.05) is 0 Å². The van der Waals surface area contributed by atoms with E-state index in [9.17, 15) is 23.4 Å². The maximum absolute atomic E-state index is 15.1. The van der Waals surface area contributed by atoms with E-state index in [1.54, 1.807) is 37.3 Å². The number of aliphatic hydroxyl groups is 1. The van der Waals surface area contributed by atoms with Gasteiger partial charge < -0.3 is 10.2 Å². The highest BCUT2D eigenvalue weighted by Crippen LogP contribution is 2.51. The van der Waals surface area contributed by atoms with Crippen LogP contribution in [0.4, 0.5) is 8.78 Å². The SMILES string of the molecule is C[C@H]1CC[C@H](c2ccccc2)S(=O)(=O)N1Cc1cc(F)c([C@]2(C(=O)O)C[C@@](C)(O)C2)cc1F. The van der Waals surface area contributed by atoms with Gasteiger partial charge in [0.15, 0.2) is 0 Å². The summed E-state index contributed by atoms with van der Waals surface area (Å²) in [6.07, 6.45) is 0.529. The standard InChI is InChI=1S/C24H27F2NO5S/c1-15-8-9-21(16-6-4-3-5-7-16)33(31,32)27(15)12-17-10-20(26)18(11-19(17)25)24(22(28)29)13-23(2,30)14-24/h3-7,10-11,15,21,30H,8-9,12-14H2,1-2H3,(H,28,29)/t15-,21+,23-,24+/m0/s1. The predicted molar refractivity (Wildman–Crippen MR) is 118 cm³/mol. The number of halogens is 2. The fraction of sp³-hybridized carbons (Fsp3) is 0.458. The van der Waals surface area contributed by atoms with Gasteiger partial charge in [0, 0.05) is 23.7 Å². The minimum Gasteiger partial charge on any atom is -0.481 e. The van der Waals surface area contributed by atoms with Crippen LogP contribution in [0.1, 0.15) is 61.5 Å². The van der Waals surface area contributed by atoms with E-state index in [0.29, 0.717) is 18.4 Å². The summed E-state index contributed by atoms with van der Waals surface area (Å²) in [7, 11) is -3.84. The number of rotatable bonds is 5. The fourth-order valence-electron chi connectivity index (χ4n) is 5.30. The molecule has 2 N–H and O–H groups in total. The first kappa shape index (κ1) is 23.8. The second-order valence-electron chi connectivity index (χ2n) is 9.58. The van der Waals surface area contributed by atoms with Crippen LogP contribution in [0.2, 0.25) is 0 Å². The topological polar surface area (TPSA) is 94.9 Å². The van der Waals surface area contributed by atoms with Crippen molar-refractivity contribution in [2.75, 3.05) is 0 Å². The molecule has 178 valence electrons. The van der Waals surface area contributed by atoms with Crippen LogP contribution in [0.5, 0.6) is 0 Å². The molecule has 0 aromatic heterocycles. The number of carbonyl (C=O) groups is 1. The van der Waals surface area contributed by atoms with Gasteiger partial charge in [0.2, 0.25) is 10.0 Å². The predicted octanol–water partition coefficient (Wildman–Crippen LogP) is 3.89.